The first-order valence-electron chi connectivity index (χ1n) is 8.49. The summed E-state index contributed by atoms with van der Waals surface area (Å²) in [5.41, 5.74) is 1.17. The van der Waals surface area contributed by atoms with E-state index < -0.39 is 0 Å². The van der Waals surface area contributed by atoms with E-state index in [4.69, 9.17) is 0 Å². The van der Waals surface area contributed by atoms with Crippen LogP contribution in [0, 0.1) is 0 Å². The second-order valence-electron chi connectivity index (χ2n) is 5.92. The number of anilines is 1. The highest BCUT2D eigenvalue weighted by Gasteiger charge is 2.17. The quantitative estimate of drug-likeness (QED) is 0.400. The molecule has 0 fully saturated rings. The molecule has 1 N–H and O–H groups in total. The lowest BCUT2D eigenvalue weighted by Gasteiger charge is -2.09. The first-order chi connectivity index (χ1) is 13.7. The van der Waals surface area contributed by atoms with Gasteiger partial charge < -0.3 is 5.32 Å². The lowest BCUT2D eigenvalue weighted by atomic mass is 10.2. The summed E-state index contributed by atoms with van der Waals surface area (Å²) in [7, 11) is 0. The predicted molar refractivity (Wildman–Crippen MR) is 109 cm³/mol. The number of benzene rings is 1. The fraction of sp³-hybridized carbons (Fsp3) is 0.105. The number of nitrogens with one attached hydrogen (secondary N) is 1. The standard InChI is InChI=1S/C19H16N6O2S/c1-2-10-24-17(27)14-7-3-4-8-15(14)25-18(24)22-23-19(25)28-12-16(26)21-13-6-5-9-20-11-13/h2-9,11H,1,10,12H2,(H,21,26). The number of para-hydroxylation sites is 1. The number of thioether (sulfide) groups is 1. The summed E-state index contributed by atoms with van der Waals surface area (Å²) >= 11 is 1.25. The third-order valence-electron chi connectivity index (χ3n) is 4.07. The summed E-state index contributed by atoms with van der Waals surface area (Å²) in [4.78, 5) is 29.0. The highest BCUT2D eigenvalue weighted by atomic mass is 32.2. The number of aromatic nitrogens is 5. The summed E-state index contributed by atoms with van der Waals surface area (Å²) < 4.78 is 3.31. The Morgan fingerprint density at radius 1 is 1.21 bits per heavy atom. The maximum Gasteiger partial charge on any atom is 0.263 e. The number of fused-ring (bicyclic) bond motifs is 3. The summed E-state index contributed by atoms with van der Waals surface area (Å²) in [6.07, 6.45) is 4.86. The molecule has 0 radical (unpaired) electrons. The van der Waals surface area contributed by atoms with Crippen molar-refractivity contribution < 1.29 is 4.79 Å². The van der Waals surface area contributed by atoms with Gasteiger partial charge in [0.25, 0.3) is 5.56 Å². The molecule has 8 nitrogen and oxygen atoms in total. The van der Waals surface area contributed by atoms with E-state index in [0.717, 1.165) is 0 Å². The zero-order valence-corrected chi connectivity index (χ0v) is 15.6. The molecule has 0 aliphatic heterocycles. The van der Waals surface area contributed by atoms with Crippen molar-refractivity contribution in [1.82, 2.24) is 24.1 Å². The Morgan fingerprint density at radius 2 is 2.07 bits per heavy atom. The van der Waals surface area contributed by atoms with Crippen LogP contribution in [-0.4, -0.2) is 35.8 Å². The molecule has 0 spiro atoms. The number of rotatable bonds is 6. The minimum Gasteiger partial charge on any atom is -0.324 e. The third kappa shape index (κ3) is 3.27. The Bertz CT molecular complexity index is 1230. The molecule has 0 bridgehead atoms. The van der Waals surface area contributed by atoms with Crippen molar-refractivity contribution in [3.05, 3.63) is 71.8 Å². The van der Waals surface area contributed by atoms with Crippen LogP contribution < -0.4 is 10.9 Å². The Kier molecular flexibility index (Phi) is 4.90. The van der Waals surface area contributed by atoms with E-state index in [1.807, 2.05) is 18.2 Å². The normalized spacial score (nSPS) is 11.0. The highest BCUT2D eigenvalue weighted by Crippen LogP contribution is 2.21. The molecule has 0 aliphatic rings. The van der Waals surface area contributed by atoms with Crippen LogP contribution in [0.25, 0.3) is 16.7 Å². The number of allylic oxidation sites excluding steroid dienone is 1. The second-order valence-corrected chi connectivity index (χ2v) is 6.86. The number of hydrogen-bond donors (Lipinski definition) is 1. The van der Waals surface area contributed by atoms with Crippen LogP contribution in [-0.2, 0) is 11.3 Å². The van der Waals surface area contributed by atoms with Crippen molar-refractivity contribution >= 4 is 40.0 Å². The molecule has 0 saturated heterocycles. The van der Waals surface area contributed by atoms with Gasteiger partial charge in [0.1, 0.15) is 0 Å². The van der Waals surface area contributed by atoms with Crippen LogP contribution in [0.2, 0.25) is 0 Å². The monoisotopic (exact) mass is 392 g/mol. The minimum absolute atomic E-state index is 0.143. The zero-order chi connectivity index (χ0) is 19.5. The molecule has 28 heavy (non-hydrogen) atoms. The number of hydrogen-bond acceptors (Lipinski definition) is 6. The first-order valence-corrected chi connectivity index (χ1v) is 9.48. The number of pyridine rings is 1. The van der Waals surface area contributed by atoms with Gasteiger partial charge in [0.05, 0.1) is 28.5 Å². The van der Waals surface area contributed by atoms with Crippen LogP contribution in [0.3, 0.4) is 0 Å². The fourth-order valence-corrected chi connectivity index (χ4v) is 3.62. The Morgan fingerprint density at radius 3 is 2.86 bits per heavy atom. The van der Waals surface area contributed by atoms with Crippen molar-refractivity contribution in [2.45, 2.75) is 11.7 Å². The molecule has 140 valence electrons. The molecule has 0 aliphatic carbocycles. The first kappa shape index (κ1) is 17.9. The van der Waals surface area contributed by atoms with Crippen molar-refractivity contribution in [3.63, 3.8) is 0 Å². The minimum atomic E-state index is -0.182. The van der Waals surface area contributed by atoms with Crippen molar-refractivity contribution in [2.24, 2.45) is 0 Å². The van der Waals surface area contributed by atoms with Gasteiger partial charge in [-0.15, -0.1) is 16.8 Å². The molecule has 4 rings (SSSR count). The topological polar surface area (TPSA) is 94.2 Å². The lowest BCUT2D eigenvalue weighted by Crippen LogP contribution is -2.22. The van der Waals surface area contributed by atoms with Crippen LogP contribution in [0.15, 0.2) is 71.4 Å². The van der Waals surface area contributed by atoms with E-state index >= 15 is 0 Å². The smallest absolute Gasteiger partial charge is 0.263 e. The zero-order valence-electron chi connectivity index (χ0n) is 14.8. The second kappa shape index (κ2) is 7.65. The van der Waals surface area contributed by atoms with E-state index in [2.05, 4.69) is 27.1 Å². The van der Waals surface area contributed by atoms with Gasteiger partial charge in [0, 0.05) is 12.7 Å². The molecule has 3 heterocycles. The number of carbonyl (C=O) groups excluding carboxylic acids is 1. The van der Waals surface area contributed by atoms with E-state index in [1.165, 1.54) is 16.3 Å². The van der Waals surface area contributed by atoms with Gasteiger partial charge in [0.15, 0.2) is 5.16 Å². The maximum absolute atomic E-state index is 12.8. The van der Waals surface area contributed by atoms with Gasteiger partial charge in [-0.1, -0.05) is 30.0 Å². The predicted octanol–water partition coefficient (Wildman–Crippen LogP) is 2.36. The van der Waals surface area contributed by atoms with Crippen molar-refractivity contribution in [2.75, 3.05) is 11.1 Å². The van der Waals surface area contributed by atoms with Gasteiger partial charge >= 0.3 is 0 Å². The number of nitrogens with zero attached hydrogens (tertiary/aromatic N) is 5. The van der Waals surface area contributed by atoms with Crippen LogP contribution in [0.4, 0.5) is 5.69 Å². The van der Waals surface area contributed by atoms with Crippen LogP contribution in [0.1, 0.15) is 0 Å². The van der Waals surface area contributed by atoms with E-state index in [0.29, 0.717) is 34.1 Å². The molecular formula is C19H16N6O2S. The van der Waals surface area contributed by atoms with Crippen molar-refractivity contribution in [3.8, 4) is 0 Å². The summed E-state index contributed by atoms with van der Waals surface area (Å²) in [5.74, 6) is 0.377. The average molecular weight is 392 g/mol. The maximum atomic E-state index is 12.8. The molecule has 1 aromatic carbocycles. The molecule has 0 unspecified atom stereocenters. The fourth-order valence-electron chi connectivity index (χ4n) is 2.88. The Balaban J connectivity index is 1.69. The van der Waals surface area contributed by atoms with Gasteiger partial charge in [-0.2, -0.15) is 0 Å². The SMILES string of the molecule is C=CCn1c(=O)c2ccccc2n2c(SCC(=O)Nc3cccnc3)nnc12. The Hall–Kier alpha value is -3.46. The molecule has 9 heteroatoms. The molecule has 4 aromatic rings. The average Bonchev–Trinajstić information content (AvgIpc) is 3.14. The van der Waals surface area contributed by atoms with Crippen LogP contribution >= 0.6 is 11.8 Å². The van der Waals surface area contributed by atoms with Crippen molar-refractivity contribution in [1.29, 1.82) is 0 Å². The Labute approximate surface area is 163 Å². The molecule has 0 atom stereocenters. The summed E-state index contributed by atoms with van der Waals surface area (Å²) in [6.45, 7) is 4.03. The molecule has 1 amide bonds. The number of carbonyl (C=O) groups is 1. The van der Waals surface area contributed by atoms with Gasteiger partial charge in [-0.3, -0.25) is 23.5 Å². The van der Waals surface area contributed by atoms with Gasteiger partial charge in [-0.05, 0) is 24.3 Å². The lowest BCUT2D eigenvalue weighted by molar-refractivity contribution is -0.113. The highest BCUT2D eigenvalue weighted by molar-refractivity contribution is 7.99. The van der Waals surface area contributed by atoms with Gasteiger partial charge in [0.2, 0.25) is 11.7 Å². The van der Waals surface area contributed by atoms with Crippen LogP contribution in [0.5, 0.6) is 0 Å². The third-order valence-corrected chi connectivity index (χ3v) is 5.00. The summed E-state index contributed by atoms with van der Waals surface area (Å²) in [5, 5.41) is 12.2. The van der Waals surface area contributed by atoms with Gasteiger partial charge in [-0.25, -0.2) is 0 Å². The largest absolute Gasteiger partial charge is 0.324 e. The summed E-state index contributed by atoms with van der Waals surface area (Å²) in [6, 6.07) is 10.8. The van der Waals surface area contributed by atoms with E-state index in [-0.39, 0.29) is 17.2 Å². The molecule has 0 saturated carbocycles. The molecule has 3 aromatic heterocycles. The molecular weight excluding hydrogens is 376 g/mol. The number of amides is 1. The van der Waals surface area contributed by atoms with E-state index in [9.17, 15) is 9.59 Å². The van der Waals surface area contributed by atoms with E-state index in [1.54, 1.807) is 41.1 Å².